The molecule has 1 aromatic carbocycles. The molecule has 3 N–H and O–H groups in total. The molecule has 0 radical (unpaired) electrons. The van der Waals surface area contributed by atoms with Crippen molar-refractivity contribution in [3.05, 3.63) is 48.2 Å². The van der Waals surface area contributed by atoms with E-state index in [1.54, 1.807) is 25.4 Å². The standard InChI is InChI=1S/C14H16N4O/c1-18(11-3-5-12(19-2)6-4-11)13-9-10(14(15)16)7-8-17-13/h3-9H,1-2H3,(H3,15,16). The average Bonchev–Trinajstić information content (AvgIpc) is 2.46. The summed E-state index contributed by atoms with van der Waals surface area (Å²) in [5.74, 6) is 1.58. The maximum atomic E-state index is 7.45. The molecule has 0 aliphatic heterocycles. The highest BCUT2D eigenvalue weighted by Gasteiger charge is 2.07. The Morgan fingerprint density at radius 1 is 1.26 bits per heavy atom. The molecule has 0 spiro atoms. The molecule has 2 aromatic rings. The zero-order valence-electron chi connectivity index (χ0n) is 10.9. The van der Waals surface area contributed by atoms with Crippen molar-refractivity contribution >= 4 is 17.3 Å². The van der Waals surface area contributed by atoms with Gasteiger partial charge in [0, 0.05) is 24.5 Å². The number of nitrogens with one attached hydrogen (secondary N) is 1. The lowest BCUT2D eigenvalue weighted by Gasteiger charge is -2.19. The number of nitrogens with two attached hydrogens (primary N) is 1. The fraction of sp³-hybridized carbons (Fsp3) is 0.143. The topological polar surface area (TPSA) is 75.2 Å². The summed E-state index contributed by atoms with van der Waals surface area (Å²) in [6, 6.07) is 11.2. The van der Waals surface area contributed by atoms with Crippen molar-refractivity contribution in [2.45, 2.75) is 0 Å². The largest absolute Gasteiger partial charge is 0.497 e. The van der Waals surface area contributed by atoms with Gasteiger partial charge in [-0.2, -0.15) is 0 Å². The number of amidine groups is 1. The van der Waals surface area contributed by atoms with Crippen LogP contribution in [0.25, 0.3) is 0 Å². The van der Waals surface area contributed by atoms with Crippen LogP contribution in [0.1, 0.15) is 5.56 Å². The van der Waals surface area contributed by atoms with Gasteiger partial charge in [-0.15, -0.1) is 0 Å². The Morgan fingerprint density at radius 2 is 1.95 bits per heavy atom. The van der Waals surface area contributed by atoms with Crippen LogP contribution in [0.5, 0.6) is 5.75 Å². The maximum Gasteiger partial charge on any atom is 0.133 e. The Morgan fingerprint density at radius 3 is 2.53 bits per heavy atom. The average molecular weight is 256 g/mol. The molecule has 0 saturated heterocycles. The van der Waals surface area contributed by atoms with E-state index in [1.165, 1.54) is 0 Å². The minimum atomic E-state index is 0.0341. The van der Waals surface area contributed by atoms with E-state index in [1.807, 2.05) is 36.2 Å². The van der Waals surface area contributed by atoms with E-state index in [0.717, 1.165) is 17.3 Å². The highest BCUT2D eigenvalue weighted by atomic mass is 16.5. The first-order chi connectivity index (χ1) is 9.11. The molecule has 0 unspecified atom stereocenters. The van der Waals surface area contributed by atoms with Crippen molar-refractivity contribution in [1.29, 1.82) is 5.41 Å². The van der Waals surface area contributed by atoms with Gasteiger partial charge in [0.05, 0.1) is 7.11 Å². The summed E-state index contributed by atoms with van der Waals surface area (Å²) in [6.07, 6.45) is 1.64. The molecule has 0 fully saturated rings. The summed E-state index contributed by atoms with van der Waals surface area (Å²) in [6.45, 7) is 0. The molecule has 5 heteroatoms. The fourth-order valence-corrected chi connectivity index (χ4v) is 1.71. The van der Waals surface area contributed by atoms with Gasteiger partial charge in [-0.3, -0.25) is 5.41 Å². The second kappa shape index (κ2) is 5.39. The Kier molecular flexibility index (Phi) is 3.66. The maximum absolute atomic E-state index is 7.45. The van der Waals surface area contributed by atoms with Crippen molar-refractivity contribution in [3.63, 3.8) is 0 Å². The van der Waals surface area contributed by atoms with Crippen molar-refractivity contribution in [3.8, 4) is 5.75 Å². The number of ether oxygens (including phenoxy) is 1. The number of pyridine rings is 1. The van der Waals surface area contributed by atoms with E-state index in [4.69, 9.17) is 15.9 Å². The lowest BCUT2D eigenvalue weighted by atomic mass is 10.2. The third-order valence-electron chi connectivity index (χ3n) is 2.86. The predicted octanol–water partition coefficient (Wildman–Crippen LogP) is 2.14. The number of anilines is 2. The van der Waals surface area contributed by atoms with E-state index in [0.29, 0.717) is 5.56 Å². The lowest BCUT2D eigenvalue weighted by molar-refractivity contribution is 0.415. The van der Waals surface area contributed by atoms with Crippen LogP contribution >= 0.6 is 0 Å². The molecule has 0 saturated carbocycles. The molecule has 2 rings (SSSR count). The number of nitrogens with zero attached hydrogens (tertiary/aromatic N) is 2. The number of hydrogen-bond donors (Lipinski definition) is 2. The van der Waals surface area contributed by atoms with Crippen LogP contribution in [0.2, 0.25) is 0 Å². The van der Waals surface area contributed by atoms with Gasteiger partial charge < -0.3 is 15.4 Å². The fourth-order valence-electron chi connectivity index (χ4n) is 1.71. The number of hydrogen-bond acceptors (Lipinski definition) is 4. The van der Waals surface area contributed by atoms with Crippen molar-refractivity contribution in [2.75, 3.05) is 19.1 Å². The number of methoxy groups -OCH3 is 1. The molecule has 0 aliphatic carbocycles. The molecule has 1 heterocycles. The van der Waals surface area contributed by atoms with Gasteiger partial charge in [-0.1, -0.05) is 0 Å². The quantitative estimate of drug-likeness (QED) is 0.649. The predicted molar refractivity (Wildman–Crippen MR) is 76.3 cm³/mol. The van der Waals surface area contributed by atoms with Gasteiger partial charge in [-0.25, -0.2) is 4.98 Å². The van der Waals surface area contributed by atoms with Crippen LogP contribution in [0.3, 0.4) is 0 Å². The molecule has 0 aliphatic rings. The minimum absolute atomic E-state index is 0.0341. The Balaban J connectivity index is 2.29. The molecule has 0 atom stereocenters. The highest BCUT2D eigenvalue weighted by molar-refractivity contribution is 5.95. The van der Waals surface area contributed by atoms with Crippen LogP contribution in [-0.2, 0) is 0 Å². The smallest absolute Gasteiger partial charge is 0.133 e. The molecule has 5 nitrogen and oxygen atoms in total. The first kappa shape index (κ1) is 12.9. The number of benzene rings is 1. The molecular formula is C14H16N4O. The van der Waals surface area contributed by atoms with Crippen LogP contribution in [0.15, 0.2) is 42.6 Å². The number of aromatic nitrogens is 1. The van der Waals surface area contributed by atoms with Crippen molar-refractivity contribution in [1.82, 2.24) is 4.98 Å². The van der Waals surface area contributed by atoms with E-state index in [9.17, 15) is 0 Å². The summed E-state index contributed by atoms with van der Waals surface area (Å²) in [4.78, 5) is 6.21. The van der Waals surface area contributed by atoms with Crippen LogP contribution < -0.4 is 15.4 Å². The molecule has 98 valence electrons. The molecular weight excluding hydrogens is 240 g/mol. The van der Waals surface area contributed by atoms with Gasteiger partial charge in [0.25, 0.3) is 0 Å². The van der Waals surface area contributed by atoms with Crippen molar-refractivity contribution < 1.29 is 4.74 Å². The summed E-state index contributed by atoms with van der Waals surface area (Å²) >= 11 is 0. The summed E-state index contributed by atoms with van der Waals surface area (Å²) < 4.78 is 5.13. The lowest BCUT2D eigenvalue weighted by Crippen LogP contribution is -2.15. The third-order valence-corrected chi connectivity index (χ3v) is 2.86. The van der Waals surface area contributed by atoms with Crippen molar-refractivity contribution in [2.24, 2.45) is 5.73 Å². The molecule has 19 heavy (non-hydrogen) atoms. The second-order valence-electron chi connectivity index (χ2n) is 4.07. The van der Waals surface area contributed by atoms with E-state index in [-0.39, 0.29) is 5.84 Å². The highest BCUT2D eigenvalue weighted by Crippen LogP contribution is 2.24. The molecule has 1 aromatic heterocycles. The van der Waals surface area contributed by atoms with Gasteiger partial charge in [0.2, 0.25) is 0 Å². The second-order valence-corrected chi connectivity index (χ2v) is 4.07. The molecule has 0 bridgehead atoms. The van der Waals surface area contributed by atoms with Gasteiger partial charge >= 0.3 is 0 Å². The summed E-state index contributed by atoms with van der Waals surface area (Å²) in [5.41, 5.74) is 7.12. The number of nitrogen functional groups attached to an aromatic ring is 1. The zero-order valence-corrected chi connectivity index (χ0v) is 10.9. The first-order valence-electron chi connectivity index (χ1n) is 5.80. The van der Waals surface area contributed by atoms with E-state index < -0.39 is 0 Å². The first-order valence-corrected chi connectivity index (χ1v) is 5.80. The Labute approximate surface area is 112 Å². The van der Waals surface area contributed by atoms with E-state index >= 15 is 0 Å². The minimum Gasteiger partial charge on any atom is -0.497 e. The summed E-state index contributed by atoms with van der Waals surface area (Å²) in [7, 11) is 3.55. The van der Waals surface area contributed by atoms with E-state index in [2.05, 4.69) is 4.98 Å². The van der Waals surface area contributed by atoms with Gasteiger partial charge in [0.1, 0.15) is 17.4 Å². The Hall–Kier alpha value is -2.56. The SMILES string of the molecule is COc1ccc(N(C)c2cc(C(=N)N)ccn2)cc1. The van der Waals surface area contributed by atoms with Crippen LogP contribution in [-0.4, -0.2) is 25.0 Å². The Bertz CT molecular complexity index is 580. The van der Waals surface area contributed by atoms with Gasteiger partial charge in [0.15, 0.2) is 0 Å². The zero-order chi connectivity index (χ0) is 13.8. The van der Waals surface area contributed by atoms with Gasteiger partial charge in [-0.05, 0) is 36.4 Å². The van der Waals surface area contributed by atoms with Crippen LogP contribution in [0, 0.1) is 5.41 Å². The van der Waals surface area contributed by atoms with Crippen LogP contribution in [0.4, 0.5) is 11.5 Å². The third kappa shape index (κ3) is 2.82. The number of rotatable bonds is 4. The molecule has 0 amide bonds. The normalized spacial score (nSPS) is 10.0. The monoisotopic (exact) mass is 256 g/mol. The summed E-state index contributed by atoms with van der Waals surface area (Å²) in [5, 5.41) is 7.45.